The average Bonchev–Trinajstić information content (AvgIpc) is 3.03. The van der Waals surface area contributed by atoms with Crippen LogP contribution in [0.25, 0.3) is 0 Å². The summed E-state index contributed by atoms with van der Waals surface area (Å²) in [7, 11) is 1.80. The molecular formula is C18H27FN4. The Bertz CT molecular complexity index is 615. The molecule has 0 amide bonds. The van der Waals surface area contributed by atoms with Gasteiger partial charge in [0.05, 0.1) is 17.9 Å². The Morgan fingerprint density at radius 2 is 1.91 bits per heavy atom. The smallest absolute Gasteiger partial charge is 0.148 e. The van der Waals surface area contributed by atoms with Gasteiger partial charge < -0.3 is 10.2 Å². The molecule has 0 saturated carbocycles. The van der Waals surface area contributed by atoms with E-state index in [0.717, 1.165) is 31.6 Å². The third-order valence-electron chi connectivity index (χ3n) is 4.15. The van der Waals surface area contributed by atoms with Crippen LogP contribution in [-0.2, 0) is 0 Å². The summed E-state index contributed by atoms with van der Waals surface area (Å²) in [5.74, 6) is -0.157. The van der Waals surface area contributed by atoms with Crippen LogP contribution in [0.1, 0.15) is 38.3 Å². The van der Waals surface area contributed by atoms with Gasteiger partial charge in [-0.05, 0) is 43.5 Å². The van der Waals surface area contributed by atoms with Crippen molar-refractivity contribution in [3.63, 3.8) is 0 Å². The summed E-state index contributed by atoms with van der Waals surface area (Å²) < 4.78 is 16.2. The Balaban J connectivity index is 0.000000924. The summed E-state index contributed by atoms with van der Waals surface area (Å²) in [5.41, 5.74) is 2.69. The molecule has 0 atom stereocenters. The first-order valence-electron chi connectivity index (χ1n) is 8.40. The molecule has 0 radical (unpaired) electrons. The van der Waals surface area contributed by atoms with Crippen molar-refractivity contribution in [3.05, 3.63) is 42.0 Å². The lowest BCUT2D eigenvalue weighted by molar-refractivity contribution is 0.365. The van der Waals surface area contributed by atoms with E-state index in [9.17, 15) is 4.39 Å². The molecule has 1 aromatic carbocycles. The molecule has 0 spiro atoms. The van der Waals surface area contributed by atoms with Gasteiger partial charge in [0.25, 0.3) is 0 Å². The van der Waals surface area contributed by atoms with E-state index in [0.29, 0.717) is 11.7 Å². The van der Waals surface area contributed by atoms with Crippen LogP contribution in [0.3, 0.4) is 0 Å². The number of nitrogens with one attached hydrogen (secondary N) is 1. The monoisotopic (exact) mass is 318 g/mol. The zero-order chi connectivity index (χ0) is 16.8. The fourth-order valence-corrected chi connectivity index (χ4v) is 2.92. The van der Waals surface area contributed by atoms with Crippen molar-refractivity contribution in [3.8, 4) is 0 Å². The van der Waals surface area contributed by atoms with Crippen LogP contribution in [0.5, 0.6) is 0 Å². The fraction of sp³-hybridized carbons (Fsp3) is 0.500. The molecule has 1 aliphatic heterocycles. The zero-order valence-electron chi connectivity index (χ0n) is 14.5. The van der Waals surface area contributed by atoms with Gasteiger partial charge in [0.2, 0.25) is 0 Å². The van der Waals surface area contributed by atoms with E-state index < -0.39 is 0 Å². The van der Waals surface area contributed by atoms with Gasteiger partial charge in [0.1, 0.15) is 5.82 Å². The molecule has 3 rings (SSSR count). The van der Waals surface area contributed by atoms with E-state index >= 15 is 0 Å². The molecule has 2 heterocycles. The van der Waals surface area contributed by atoms with Crippen LogP contribution in [0.2, 0.25) is 0 Å². The van der Waals surface area contributed by atoms with Gasteiger partial charge in [-0.25, -0.2) is 4.39 Å². The summed E-state index contributed by atoms with van der Waals surface area (Å²) in [6.45, 7) is 7.77. The SMILES string of the molecule is CC.CNc1ccc(N2CCC(n3cc(C)cn3)CC2)c(F)c1. The minimum absolute atomic E-state index is 0.157. The second-order valence-electron chi connectivity index (χ2n) is 5.63. The first-order chi connectivity index (χ1) is 11.2. The Morgan fingerprint density at radius 1 is 1.22 bits per heavy atom. The predicted octanol–water partition coefficient (Wildman–Crippen LogP) is 4.24. The lowest BCUT2D eigenvalue weighted by Gasteiger charge is -2.34. The molecule has 23 heavy (non-hydrogen) atoms. The molecule has 4 nitrogen and oxygen atoms in total. The summed E-state index contributed by atoms with van der Waals surface area (Å²) >= 11 is 0. The van der Waals surface area contributed by atoms with Gasteiger partial charge in [0.15, 0.2) is 0 Å². The third kappa shape index (κ3) is 4.03. The number of rotatable bonds is 3. The molecule has 0 unspecified atom stereocenters. The van der Waals surface area contributed by atoms with E-state index in [1.165, 1.54) is 5.56 Å². The molecule has 1 aliphatic rings. The van der Waals surface area contributed by atoms with Gasteiger partial charge in [-0.15, -0.1) is 0 Å². The van der Waals surface area contributed by atoms with Crippen molar-refractivity contribution >= 4 is 11.4 Å². The number of piperidine rings is 1. The molecule has 5 heteroatoms. The third-order valence-corrected chi connectivity index (χ3v) is 4.15. The molecule has 0 bridgehead atoms. The topological polar surface area (TPSA) is 33.1 Å². The van der Waals surface area contributed by atoms with Crippen LogP contribution >= 0.6 is 0 Å². The van der Waals surface area contributed by atoms with Crippen molar-refractivity contribution in [1.29, 1.82) is 0 Å². The quantitative estimate of drug-likeness (QED) is 0.919. The van der Waals surface area contributed by atoms with Crippen LogP contribution in [0, 0.1) is 12.7 Å². The number of anilines is 2. The van der Waals surface area contributed by atoms with Gasteiger partial charge in [-0.3, -0.25) is 4.68 Å². The largest absolute Gasteiger partial charge is 0.388 e. The van der Waals surface area contributed by atoms with E-state index in [2.05, 4.69) is 28.4 Å². The zero-order valence-corrected chi connectivity index (χ0v) is 14.5. The van der Waals surface area contributed by atoms with E-state index in [-0.39, 0.29) is 5.82 Å². The van der Waals surface area contributed by atoms with Gasteiger partial charge in [-0.2, -0.15) is 5.10 Å². The number of nitrogens with zero attached hydrogens (tertiary/aromatic N) is 3. The summed E-state index contributed by atoms with van der Waals surface area (Å²) in [6.07, 6.45) is 5.97. The maximum atomic E-state index is 14.1. The highest BCUT2D eigenvalue weighted by Gasteiger charge is 2.22. The molecule has 1 fully saturated rings. The summed E-state index contributed by atoms with van der Waals surface area (Å²) in [5, 5.41) is 7.35. The van der Waals surface area contributed by atoms with E-state index in [4.69, 9.17) is 0 Å². The molecule has 1 N–H and O–H groups in total. The lowest BCUT2D eigenvalue weighted by atomic mass is 10.0. The van der Waals surface area contributed by atoms with Crippen molar-refractivity contribution in [2.45, 2.75) is 39.7 Å². The number of hydrogen-bond donors (Lipinski definition) is 1. The number of aromatic nitrogens is 2. The van der Waals surface area contributed by atoms with Gasteiger partial charge >= 0.3 is 0 Å². The maximum Gasteiger partial charge on any atom is 0.148 e. The van der Waals surface area contributed by atoms with Crippen LogP contribution in [-0.4, -0.2) is 29.9 Å². The average molecular weight is 318 g/mol. The normalized spacial score (nSPS) is 15.1. The lowest BCUT2D eigenvalue weighted by Crippen LogP contribution is -2.35. The van der Waals surface area contributed by atoms with Crippen LogP contribution < -0.4 is 10.2 Å². The predicted molar refractivity (Wildman–Crippen MR) is 94.7 cm³/mol. The number of halogens is 1. The van der Waals surface area contributed by atoms with E-state index in [1.54, 1.807) is 13.1 Å². The first kappa shape index (κ1) is 17.3. The molecule has 1 saturated heterocycles. The first-order valence-corrected chi connectivity index (χ1v) is 8.40. The highest BCUT2D eigenvalue weighted by molar-refractivity contribution is 5.56. The Kier molecular flexibility index (Phi) is 6.02. The second kappa shape index (κ2) is 7.99. The Labute approximate surface area is 138 Å². The van der Waals surface area contributed by atoms with Crippen molar-refractivity contribution in [2.24, 2.45) is 0 Å². The molecule has 126 valence electrons. The molecule has 2 aromatic rings. The number of aryl methyl sites for hydroxylation is 1. The maximum absolute atomic E-state index is 14.1. The molecular weight excluding hydrogens is 291 g/mol. The van der Waals surface area contributed by atoms with Gasteiger partial charge in [0, 0.05) is 32.0 Å². The van der Waals surface area contributed by atoms with E-state index in [1.807, 2.05) is 36.9 Å². The van der Waals surface area contributed by atoms with Gasteiger partial charge in [-0.1, -0.05) is 13.8 Å². The van der Waals surface area contributed by atoms with Crippen LogP contribution in [0.15, 0.2) is 30.6 Å². The highest BCUT2D eigenvalue weighted by atomic mass is 19.1. The standard InChI is InChI=1S/C16H21FN4.C2H6/c1-12-10-19-21(11-12)14-5-7-20(8-6-14)16-4-3-13(18-2)9-15(16)17;1-2/h3-4,9-11,14,18H,5-8H2,1-2H3;1-2H3. The van der Waals surface area contributed by atoms with Crippen molar-refractivity contribution < 1.29 is 4.39 Å². The Morgan fingerprint density at radius 3 is 2.43 bits per heavy atom. The van der Waals surface area contributed by atoms with Crippen LogP contribution in [0.4, 0.5) is 15.8 Å². The number of hydrogen-bond acceptors (Lipinski definition) is 3. The minimum Gasteiger partial charge on any atom is -0.388 e. The summed E-state index contributed by atoms with van der Waals surface area (Å²) in [6, 6.07) is 5.76. The second-order valence-corrected chi connectivity index (χ2v) is 5.63. The Hall–Kier alpha value is -2.04. The number of benzene rings is 1. The fourth-order valence-electron chi connectivity index (χ4n) is 2.92. The highest BCUT2D eigenvalue weighted by Crippen LogP contribution is 2.29. The molecule has 0 aliphatic carbocycles. The summed E-state index contributed by atoms with van der Waals surface area (Å²) in [4.78, 5) is 2.13. The van der Waals surface area contributed by atoms with Crippen molar-refractivity contribution in [1.82, 2.24) is 9.78 Å². The minimum atomic E-state index is -0.157. The molecule has 1 aromatic heterocycles. The van der Waals surface area contributed by atoms with Crippen molar-refractivity contribution in [2.75, 3.05) is 30.4 Å².